The minimum absolute atomic E-state index is 0.0281. The van der Waals surface area contributed by atoms with Crippen LogP contribution in [0, 0.1) is 0 Å². The molecule has 0 aromatic heterocycles. The Morgan fingerprint density at radius 1 is 0.708 bits per heavy atom. The average molecular weight is 1040 g/mol. The highest BCUT2D eigenvalue weighted by Gasteiger charge is 2.40. The van der Waals surface area contributed by atoms with Crippen molar-refractivity contribution in [1.29, 1.82) is 0 Å². The summed E-state index contributed by atoms with van der Waals surface area (Å²) in [5.41, 5.74) is 29.2. The number of nitrogens with two attached hydrogens (primary N) is 5. The van der Waals surface area contributed by atoms with Gasteiger partial charge in [-0.3, -0.25) is 52.7 Å². The molecule has 0 saturated carbocycles. The summed E-state index contributed by atoms with van der Waals surface area (Å²) in [6.45, 7) is -0.299. The van der Waals surface area contributed by atoms with Gasteiger partial charge in [-0.15, -0.1) is 0 Å². The molecule has 2 saturated heterocycles. The van der Waals surface area contributed by atoms with E-state index in [4.69, 9.17) is 28.7 Å². The number of hydrogen-bond acceptors (Lipinski definition) is 16. The van der Waals surface area contributed by atoms with E-state index >= 15 is 0 Å². The Morgan fingerprint density at radius 2 is 1.28 bits per heavy atom. The van der Waals surface area contributed by atoms with Crippen molar-refractivity contribution in [3.05, 3.63) is 65.7 Å². The van der Waals surface area contributed by atoms with Crippen LogP contribution in [0.4, 0.5) is 0 Å². The van der Waals surface area contributed by atoms with E-state index in [2.05, 4.69) is 37.2 Å². The van der Waals surface area contributed by atoms with Crippen LogP contribution in [-0.4, -0.2) is 154 Å². The summed E-state index contributed by atoms with van der Waals surface area (Å²) in [4.78, 5) is 149. The Bertz CT molecular complexity index is 2280. The lowest BCUT2D eigenvalue weighted by Gasteiger charge is -2.31. The number of primary amides is 3. The zero-order valence-corrected chi connectivity index (χ0v) is 40.9. The average Bonchev–Trinajstić information content (AvgIpc) is 3.84. The number of amides is 11. The molecule has 11 amide bonds. The van der Waals surface area contributed by atoms with Crippen LogP contribution in [0.2, 0.25) is 0 Å². The largest absolute Gasteiger partial charge is 0.508 e. The Kier molecular flexibility index (Phi) is 23.0. The van der Waals surface area contributed by atoms with Gasteiger partial charge in [0.25, 0.3) is 0 Å². The summed E-state index contributed by atoms with van der Waals surface area (Å²) >= 11 is 0. The van der Waals surface area contributed by atoms with Gasteiger partial charge in [-0.2, -0.15) is 0 Å². The molecule has 27 heteroatoms. The number of benzene rings is 2. The fourth-order valence-electron chi connectivity index (χ4n) is 7.62. The highest BCUT2D eigenvalue weighted by atomic mass is 33.1. The molecule has 1 unspecified atom stereocenters. The quantitative estimate of drug-likeness (QED) is 0.0624. The minimum Gasteiger partial charge on any atom is -0.508 e. The number of hydrogen-bond donors (Lipinski definition) is 13. The number of rotatable bonds is 18. The lowest BCUT2D eigenvalue weighted by Crippen LogP contribution is -2.61. The first-order chi connectivity index (χ1) is 34.3. The highest BCUT2D eigenvalue weighted by Crippen LogP contribution is 2.26. The van der Waals surface area contributed by atoms with Crippen molar-refractivity contribution in [2.45, 2.75) is 106 Å². The number of carbonyl (C=O) groups is 11. The molecule has 2 fully saturated rings. The standard InChI is InChI=1S/C45H63N13O12S2/c46-16-4-8-28(39(64)51-21-37(50)62)53-44(69)34-9-5-17-58(34)45(70)33-23-72-71-22-27(47)38(63)54-30(19-25-10-12-26(59)13-11-25)42(67)55-31(18-24-6-2-1-3-7-24)41(66)52-29(14-15-35(48)60)40(65)56-32(20-36(49)61)43(68)57-33/h1-3,6-7,10-13,27-34,59H,4-5,8-9,14-23,46-47H2,(H2,48,60)(H2,49,61)(H2,50,62)(H,51,64)(H,52,66)(H,53,69)(H,54,63)(H,55,67)(H,56,65)(H,57,68)/t27-,28-,29-,30?,31-,32-,33-,34-/m0/s1. The van der Waals surface area contributed by atoms with E-state index in [0.29, 0.717) is 24.0 Å². The van der Waals surface area contributed by atoms with Crippen molar-refractivity contribution in [2.24, 2.45) is 28.7 Å². The van der Waals surface area contributed by atoms with E-state index < -0.39 is 139 Å². The van der Waals surface area contributed by atoms with Gasteiger partial charge in [-0.25, -0.2) is 0 Å². The third-order valence-corrected chi connectivity index (χ3v) is 13.8. The topological polar surface area (TPSA) is 426 Å². The molecule has 0 bridgehead atoms. The second-order valence-corrected chi connectivity index (χ2v) is 19.6. The van der Waals surface area contributed by atoms with Crippen molar-refractivity contribution in [2.75, 3.05) is 31.1 Å². The fourth-order valence-corrected chi connectivity index (χ4v) is 9.90. The molecule has 0 radical (unpaired) electrons. The van der Waals surface area contributed by atoms with E-state index in [1.807, 2.05) is 0 Å². The second-order valence-electron chi connectivity index (χ2n) is 17.1. The van der Waals surface area contributed by atoms with Crippen LogP contribution in [0.25, 0.3) is 0 Å². The van der Waals surface area contributed by atoms with Gasteiger partial charge in [0.2, 0.25) is 65.0 Å². The summed E-state index contributed by atoms with van der Waals surface area (Å²) < 4.78 is 0. The zero-order valence-electron chi connectivity index (χ0n) is 39.3. The molecule has 392 valence electrons. The van der Waals surface area contributed by atoms with Gasteiger partial charge in [0.05, 0.1) is 19.0 Å². The lowest BCUT2D eigenvalue weighted by atomic mass is 10.0. The number of nitrogens with one attached hydrogen (secondary N) is 7. The van der Waals surface area contributed by atoms with Crippen LogP contribution in [0.1, 0.15) is 56.1 Å². The number of carbonyl (C=O) groups excluding carboxylic acids is 11. The predicted molar refractivity (Wildman–Crippen MR) is 264 cm³/mol. The Labute approximate surface area is 422 Å². The Balaban J connectivity index is 1.71. The van der Waals surface area contributed by atoms with Gasteiger partial charge < -0.3 is 75.9 Å². The molecule has 2 aromatic carbocycles. The number of aromatic hydroxyl groups is 1. The molecule has 2 heterocycles. The van der Waals surface area contributed by atoms with Gasteiger partial charge >= 0.3 is 0 Å². The number of nitrogens with zero attached hydrogens (tertiary/aromatic N) is 1. The molecular formula is C45H63N13O12S2. The molecule has 72 heavy (non-hydrogen) atoms. The molecule has 18 N–H and O–H groups in total. The highest BCUT2D eigenvalue weighted by molar-refractivity contribution is 8.76. The zero-order chi connectivity index (χ0) is 52.9. The van der Waals surface area contributed by atoms with Crippen LogP contribution >= 0.6 is 21.6 Å². The molecule has 2 aromatic rings. The van der Waals surface area contributed by atoms with Crippen molar-refractivity contribution in [1.82, 2.24) is 42.1 Å². The Hall–Kier alpha value is -6.97. The molecule has 4 rings (SSSR count). The second kappa shape index (κ2) is 28.8. The van der Waals surface area contributed by atoms with Crippen molar-refractivity contribution >= 4 is 86.6 Å². The molecule has 0 aliphatic carbocycles. The maximum atomic E-state index is 14.5. The summed E-state index contributed by atoms with van der Waals surface area (Å²) in [7, 11) is 2.02. The lowest BCUT2D eigenvalue weighted by molar-refractivity contribution is -0.142. The SMILES string of the molecule is NCCC[C@H](NC(=O)[C@@H]1CCCN1C(=O)[C@@H]1CSSC[C@H](N)C(=O)NC(Cc2ccc(O)cc2)C(=O)N[C@@H](Cc2ccccc2)C(=O)N[C@@H](CCC(N)=O)C(=O)N[C@@H](CC(N)=O)C(=O)N1)C(=O)NCC(N)=O. The molecule has 8 atom stereocenters. The van der Waals surface area contributed by atoms with Crippen LogP contribution in [0.3, 0.4) is 0 Å². The van der Waals surface area contributed by atoms with Gasteiger partial charge in [0.15, 0.2) is 0 Å². The van der Waals surface area contributed by atoms with Gasteiger partial charge in [0.1, 0.15) is 48.0 Å². The summed E-state index contributed by atoms with van der Waals surface area (Å²) in [6, 6.07) is 3.04. The molecular weight excluding hydrogens is 979 g/mol. The first kappa shape index (κ1) is 57.6. The maximum Gasteiger partial charge on any atom is 0.246 e. The van der Waals surface area contributed by atoms with E-state index in [1.165, 1.54) is 29.2 Å². The first-order valence-electron chi connectivity index (χ1n) is 23.0. The summed E-state index contributed by atoms with van der Waals surface area (Å²) in [6.07, 6.45) is -1.10. The molecule has 2 aliphatic heterocycles. The minimum atomic E-state index is -1.78. The van der Waals surface area contributed by atoms with E-state index in [-0.39, 0.29) is 56.0 Å². The van der Waals surface area contributed by atoms with Crippen molar-refractivity contribution in [3.63, 3.8) is 0 Å². The van der Waals surface area contributed by atoms with E-state index in [9.17, 15) is 57.8 Å². The first-order valence-corrected chi connectivity index (χ1v) is 25.5. The number of phenolic OH excluding ortho intramolecular Hbond substituents is 1. The van der Waals surface area contributed by atoms with Crippen LogP contribution < -0.4 is 65.9 Å². The summed E-state index contributed by atoms with van der Waals surface area (Å²) in [5.74, 6) is -10.1. The number of likely N-dealkylation sites (tertiary alicyclic amines) is 1. The van der Waals surface area contributed by atoms with Crippen LogP contribution in [-0.2, 0) is 65.6 Å². The van der Waals surface area contributed by atoms with Gasteiger partial charge in [0, 0.05) is 37.3 Å². The van der Waals surface area contributed by atoms with E-state index in [0.717, 1.165) is 21.6 Å². The molecule has 2 aliphatic rings. The van der Waals surface area contributed by atoms with Gasteiger partial charge in [-0.1, -0.05) is 64.1 Å². The fraction of sp³-hybridized carbons (Fsp3) is 0.489. The predicted octanol–water partition coefficient (Wildman–Crippen LogP) is -4.72. The monoisotopic (exact) mass is 1040 g/mol. The van der Waals surface area contributed by atoms with Crippen molar-refractivity contribution in [3.8, 4) is 5.75 Å². The normalized spacial score (nSPS) is 23.2. The van der Waals surface area contributed by atoms with Crippen LogP contribution in [0.5, 0.6) is 5.75 Å². The maximum absolute atomic E-state index is 14.5. The van der Waals surface area contributed by atoms with Crippen LogP contribution in [0.15, 0.2) is 54.6 Å². The third kappa shape index (κ3) is 18.7. The smallest absolute Gasteiger partial charge is 0.246 e. The van der Waals surface area contributed by atoms with Gasteiger partial charge in [-0.05, 0) is 61.9 Å². The molecule has 25 nitrogen and oxygen atoms in total. The molecule has 0 spiro atoms. The van der Waals surface area contributed by atoms with Crippen molar-refractivity contribution < 1.29 is 57.8 Å². The Morgan fingerprint density at radius 3 is 1.89 bits per heavy atom. The number of phenols is 1. The van der Waals surface area contributed by atoms with E-state index in [1.54, 1.807) is 30.3 Å². The summed E-state index contributed by atoms with van der Waals surface area (Å²) in [5, 5.41) is 27.6. The third-order valence-electron chi connectivity index (χ3n) is 11.4.